The van der Waals surface area contributed by atoms with Gasteiger partial charge in [-0.1, -0.05) is 0 Å². The number of aromatic nitrogens is 1. The monoisotopic (exact) mass is 348 g/mol. The molecule has 0 atom stereocenters. The van der Waals surface area contributed by atoms with Crippen LogP contribution in [0.3, 0.4) is 0 Å². The molecule has 0 unspecified atom stereocenters. The maximum atomic E-state index is 13.1. The number of nitrogens with zero attached hydrogens (tertiary/aromatic N) is 2. The molecule has 1 aromatic carbocycles. The van der Waals surface area contributed by atoms with Crippen LogP contribution in [-0.2, 0) is 6.18 Å². The second-order valence-corrected chi connectivity index (χ2v) is 5.11. The second kappa shape index (κ2) is 5.20. The quantitative estimate of drug-likeness (QED) is 0.751. The number of carbonyl (C=O) groups is 2. The Morgan fingerprint density at radius 1 is 1.12 bits per heavy atom. The lowest BCUT2D eigenvalue weighted by Crippen LogP contribution is -2.24. The van der Waals surface area contributed by atoms with E-state index >= 15 is 0 Å². The molecule has 7 nitrogen and oxygen atoms in total. The van der Waals surface area contributed by atoms with Crippen molar-refractivity contribution in [1.82, 2.24) is 9.88 Å². The van der Waals surface area contributed by atoms with Crippen LogP contribution < -0.4 is 16.6 Å². The van der Waals surface area contributed by atoms with Gasteiger partial charge in [0.2, 0.25) is 0 Å². The van der Waals surface area contributed by atoms with E-state index in [9.17, 15) is 27.6 Å². The summed E-state index contributed by atoms with van der Waals surface area (Å²) in [6.07, 6.45) is -4.83. The lowest BCUT2D eigenvalue weighted by atomic mass is 10.1. The molecule has 2 amide bonds. The third kappa shape index (κ3) is 2.42. The molecule has 2 aromatic rings. The van der Waals surface area contributed by atoms with Gasteiger partial charge in [0.25, 0.3) is 17.4 Å². The summed E-state index contributed by atoms with van der Waals surface area (Å²) < 4.78 is 39.9. The molecule has 0 spiro atoms. The molecule has 2 heterocycles. The lowest BCUT2D eigenvalue weighted by Gasteiger charge is -2.15. The predicted octanol–water partition coefficient (Wildman–Crippen LogP) is 1.19. The van der Waals surface area contributed by atoms with E-state index in [4.69, 9.17) is 11.0 Å². The summed E-state index contributed by atoms with van der Waals surface area (Å²) in [7, 11) is 0. The molecule has 1 aliphatic rings. The van der Waals surface area contributed by atoms with E-state index in [1.807, 2.05) is 5.32 Å². The SMILES string of the molecule is N#Cc1ccc(-n2c(N)c3c(cc2=O)C(=O)NC3=O)cc1C(F)(F)F. The van der Waals surface area contributed by atoms with Crippen LogP contribution in [0.25, 0.3) is 5.69 Å². The van der Waals surface area contributed by atoms with Gasteiger partial charge in [0.1, 0.15) is 5.82 Å². The molecule has 0 saturated carbocycles. The Bertz CT molecular complexity index is 1050. The van der Waals surface area contributed by atoms with Crippen LogP contribution in [0.1, 0.15) is 31.8 Å². The van der Waals surface area contributed by atoms with Crippen molar-refractivity contribution in [2.24, 2.45) is 0 Å². The molecule has 0 radical (unpaired) electrons. The first-order valence-corrected chi connectivity index (χ1v) is 6.68. The highest BCUT2D eigenvalue weighted by Gasteiger charge is 2.35. The van der Waals surface area contributed by atoms with E-state index in [0.29, 0.717) is 10.6 Å². The van der Waals surface area contributed by atoms with Crippen LogP contribution >= 0.6 is 0 Å². The molecule has 0 bridgehead atoms. The summed E-state index contributed by atoms with van der Waals surface area (Å²) in [4.78, 5) is 35.6. The van der Waals surface area contributed by atoms with Gasteiger partial charge in [-0.15, -0.1) is 0 Å². The molecule has 126 valence electrons. The summed E-state index contributed by atoms with van der Waals surface area (Å²) >= 11 is 0. The van der Waals surface area contributed by atoms with Gasteiger partial charge in [0, 0.05) is 6.07 Å². The van der Waals surface area contributed by atoms with Crippen LogP contribution in [0.5, 0.6) is 0 Å². The van der Waals surface area contributed by atoms with Crippen molar-refractivity contribution in [3.05, 3.63) is 56.9 Å². The molecule has 25 heavy (non-hydrogen) atoms. The molecule has 1 aliphatic heterocycles. The van der Waals surface area contributed by atoms with Gasteiger partial charge in [0.15, 0.2) is 0 Å². The number of alkyl halides is 3. The van der Waals surface area contributed by atoms with Crippen LogP contribution in [0.15, 0.2) is 29.1 Å². The number of imide groups is 1. The predicted molar refractivity (Wildman–Crippen MR) is 78.0 cm³/mol. The summed E-state index contributed by atoms with van der Waals surface area (Å²) in [6, 6.07) is 4.80. The first kappa shape index (κ1) is 16.3. The largest absolute Gasteiger partial charge is 0.417 e. The number of carbonyl (C=O) groups excluding carboxylic acids is 2. The highest BCUT2D eigenvalue weighted by molar-refractivity contribution is 6.23. The molecule has 10 heteroatoms. The number of nitrogens with two attached hydrogens (primary N) is 1. The number of nitriles is 1. The van der Waals surface area contributed by atoms with Crippen molar-refractivity contribution in [2.75, 3.05) is 5.73 Å². The number of anilines is 1. The molecular formula is C15H7F3N4O3. The van der Waals surface area contributed by atoms with Crippen molar-refractivity contribution in [2.45, 2.75) is 6.18 Å². The molecule has 3 N–H and O–H groups in total. The van der Waals surface area contributed by atoms with Crippen molar-refractivity contribution >= 4 is 17.6 Å². The lowest BCUT2D eigenvalue weighted by molar-refractivity contribution is -0.137. The average Bonchev–Trinajstić information content (AvgIpc) is 2.80. The topological polar surface area (TPSA) is 118 Å². The zero-order chi connectivity index (χ0) is 18.5. The van der Waals surface area contributed by atoms with E-state index in [-0.39, 0.29) is 16.8 Å². The minimum absolute atomic E-state index is 0.242. The van der Waals surface area contributed by atoms with Gasteiger partial charge in [-0.3, -0.25) is 24.3 Å². The van der Waals surface area contributed by atoms with Gasteiger partial charge in [-0.25, -0.2) is 0 Å². The van der Waals surface area contributed by atoms with E-state index < -0.39 is 40.5 Å². The summed E-state index contributed by atoms with van der Waals surface area (Å²) in [5, 5.41) is 10.8. The van der Waals surface area contributed by atoms with E-state index in [0.717, 1.165) is 18.2 Å². The number of amides is 2. The molecular weight excluding hydrogens is 341 g/mol. The Balaban J connectivity index is 2.31. The number of halogens is 3. The Hall–Kier alpha value is -3.61. The molecule has 0 fully saturated rings. The van der Waals surface area contributed by atoms with Gasteiger partial charge in [-0.2, -0.15) is 18.4 Å². The van der Waals surface area contributed by atoms with Crippen molar-refractivity contribution < 1.29 is 22.8 Å². The third-order valence-corrected chi connectivity index (χ3v) is 3.64. The van der Waals surface area contributed by atoms with Gasteiger partial charge >= 0.3 is 6.18 Å². The van der Waals surface area contributed by atoms with Crippen molar-refractivity contribution in [1.29, 1.82) is 5.26 Å². The number of nitrogens with one attached hydrogen (secondary N) is 1. The van der Waals surface area contributed by atoms with E-state index in [1.54, 1.807) is 0 Å². The number of fused-ring (bicyclic) bond motifs is 1. The van der Waals surface area contributed by atoms with Crippen LogP contribution in [0.2, 0.25) is 0 Å². The highest BCUT2D eigenvalue weighted by Crippen LogP contribution is 2.33. The number of rotatable bonds is 1. The normalized spacial score (nSPS) is 13.4. The smallest absolute Gasteiger partial charge is 0.384 e. The van der Waals surface area contributed by atoms with Crippen molar-refractivity contribution in [3.63, 3.8) is 0 Å². The zero-order valence-corrected chi connectivity index (χ0v) is 12.1. The summed E-state index contributed by atoms with van der Waals surface area (Å²) in [5.74, 6) is -2.13. The van der Waals surface area contributed by atoms with Crippen LogP contribution in [0.4, 0.5) is 19.0 Å². The zero-order valence-electron chi connectivity index (χ0n) is 12.1. The van der Waals surface area contributed by atoms with Gasteiger partial charge < -0.3 is 5.73 Å². The van der Waals surface area contributed by atoms with Gasteiger partial charge in [0.05, 0.1) is 34.0 Å². The molecule has 0 saturated heterocycles. The highest BCUT2D eigenvalue weighted by atomic mass is 19.4. The maximum absolute atomic E-state index is 13.1. The Kier molecular flexibility index (Phi) is 3.38. The van der Waals surface area contributed by atoms with E-state index in [2.05, 4.69) is 0 Å². The fraction of sp³-hybridized carbons (Fsp3) is 0.0667. The molecule has 1 aromatic heterocycles. The van der Waals surface area contributed by atoms with E-state index in [1.165, 1.54) is 6.07 Å². The fourth-order valence-electron chi connectivity index (χ4n) is 2.55. The second-order valence-electron chi connectivity index (χ2n) is 5.11. The maximum Gasteiger partial charge on any atom is 0.417 e. The number of benzene rings is 1. The number of pyridine rings is 1. The van der Waals surface area contributed by atoms with Crippen LogP contribution in [-0.4, -0.2) is 16.4 Å². The van der Waals surface area contributed by atoms with Crippen molar-refractivity contribution in [3.8, 4) is 11.8 Å². The standard InChI is InChI=1S/C15H7F3N4O3/c16-15(17,18)9-3-7(2-1-6(9)5-19)22-10(23)4-8-11(12(22)20)14(25)21-13(8)24/h1-4H,20H2,(H,21,24,25). The first-order valence-electron chi connectivity index (χ1n) is 6.68. The summed E-state index contributed by atoms with van der Waals surface area (Å²) in [6.45, 7) is 0. The Morgan fingerprint density at radius 3 is 2.40 bits per heavy atom. The average molecular weight is 348 g/mol. The number of hydrogen-bond acceptors (Lipinski definition) is 5. The summed E-state index contributed by atoms with van der Waals surface area (Å²) in [5.41, 5.74) is 2.17. The minimum Gasteiger partial charge on any atom is -0.384 e. The minimum atomic E-state index is -4.83. The Labute approximate surface area is 137 Å². The first-order chi connectivity index (χ1) is 11.6. The fourth-order valence-corrected chi connectivity index (χ4v) is 2.55. The number of hydrogen-bond donors (Lipinski definition) is 2. The third-order valence-electron chi connectivity index (χ3n) is 3.64. The number of nitrogen functional groups attached to an aromatic ring is 1. The van der Waals surface area contributed by atoms with Crippen LogP contribution in [0, 0.1) is 11.3 Å². The van der Waals surface area contributed by atoms with Gasteiger partial charge in [-0.05, 0) is 18.2 Å². The molecule has 3 rings (SSSR count). The molecule has 0 aliphatic carbocycles. The Morgan fingerprint density at radius 2 is 1.80 bits per heavy atom.